The molecule has 2 heterocycles. The number of ether oxygens (including phenoxy) is 1. The highest BCUT2D eigenvalue weighted by Gasteiger charge is 2.26. The molecule has 0 bridgehead atoms. The summed E-state index contributed by atoms with van der Waals surface area (Å²) in [5.74, 6) is 0.667. The molecule has 1 unspecified atom stereocenters. The van der Waals surface area contributed by atoms with Gasteiger partial charge in [0.15, 0.2) is 5.78 Å². The molecule has 7 heteroatoms. The number of nitrogens with one attached hydrogen (secondary N) is 1. The van der Waals surface area contributed by atoms with E-state index in [2.05, 4.69) is 11.4 Å². The van der Waals surface area contributed by atoms with Gasteiger partial charge in [-0.25, -0.2) is 0 Å². The van der Waals surface area contributed by atoms with Crippen LogP contribution in [0.1, 0.15) is 52.7 Å². The smallest absolute Gasteiger partial charge is 0.249 e. The van der Waals surface area contributed by atoms with Crippen LogP contribution in [0.5, 0.6) is 5.75 Å². The van der Waals surface area contributed by atoms with Gasteiger partial charge in [0.25, 0.3) is 0 Å². The van der Waals surface area contributed by atoms with Crippen molar-refractivity contribution in [3.63, 3.8) is 0 Å². The maximum atomic E-state index is 12.6. The molecule has 1 atom stereocenters. The van der Waals surface area contributed by atoms with Crippen molar-refractivity contribution in [3.05, 3.63) is 80.7 Å². The first-order valence-corrected chi connectivity index (χ1v) is 12.4. The van der Waals surface area contributed by atoms with E-state index in [1.807, 2.05) is 50.2 Å². The molecule has 34 heavy (non-hydrogen) atoms. The summed E-state index contributed by atoms with van der Waals surface area (Å²) in [6, 6.07) is 14.9. The average Bonchev–Trinajstić information content (AvgIpc) is 3.18. The number of ketones is 1. The number of aliphatic imine (C=N–C) groups is 1. The zero-order valence-electron chi connectivity index (χ0n) is 19.6. The summed E-state index contributed by atoms with van der Waals surface area (Å²) in [5, 5.41) is 4.33. The first-order valence-electron chi connectivity index (χ1n) is 11.3. The van der Waals surface area contributed by atoms with E-state index < -0.39 is 6.04 Å². The third-order valence-electron chi connectivity index (χ3n) is 5.83. The lowest BCUT2D eigenvalue weighted by molar-refractivity contribution is -0.116. The second-order valence-corrected chi connectivity index (χ2v) is 10.2. The molecule has 1 aliphatic heterocycles. The van der Waals surface area contributed by atoms with E-state index in [-0.39, 0.29) is 17.6 Å². The Morgan fingerprint density at radius 1 is 1.12 bits per heavy atom. The summed E-state index contributed by atoms with van der Waals surface area (Å²) in [6.45, 7) is 5.60. The minimum atomic E-state index is -0.525. The number of carbonyl (C=O) groups is 2. The number of rotatable bonds is 7. The molecule has 2 aromatic carbocycles. The number of Topliss-reactive ketones (excluding diaryl/α,β-unsaturated/α-hetero) is 1. The molecule has 0 saturated heterocycles. The van der Waals surface area contributed by atoms with Crippen molar-refractivity contribution in [2.45, 2.75) is 39.7 Å². The molecule has 176 valence electrons. The SMILES string of the molecule is COc1ccc(C2=NC(C)C(=O)Nc3sc(CCc4ccc(C(=O)C(C)C)cc4)cc32)c(Cl)c1. The molecule has 1 aromatic heterocycles. The third kappa shape index (κ3) is 5.08. The number of benzene rings is 2. The van der Waals surface area contributed by atoms with Crippen LogP contribution in [0.25, 0.3) is 0 Å². The van der Waals surface area contributed by atoms with Gasteiger partial charge in [0.2, 0.25) is 5.91 Å². The second kappa shape index (κ2) is 10.1. The Bertz CT molecular complexity index is 1260. The van der Waals surface area contributed by atoms with Gasteiger partial charge < -0.3 is 10.1 Å². The van der Waals surface area contributed by atoms with Crippen molar-refractivity contribution in [1.29, 1.82) is 0 Å². The van der Waals surface area contributed by atoms with Crippen molar-refractivity contribution in [2.24, 2.45) is 10.9 Å². The normalized spacial score (nSPS) is 15.4. The van der Waals surface area contributed by atoms with Crippen LogP contribution < -0.4 is 10.1 Å². The van der Waals surface area contributed by atoms with Gasteiger partial charge in [-0.3, -0.25) is 14.6 Å². The molecule has 0 saturated carbocycles. The third-order valence-corrected chi connectivity index (χ3v) is 7.25. The Morgan fingerprint density at radius 3 is 2.50 bits per heavy atom. The molecule has 1 N–H and O–H groups in total. The number of carbonyl (C=O) groups excluding carboxylic acids is 2. The van der Waals surface area contributed by atoms with Gasteiger partial charge in [-0.2, -0.15) is 0 Å². The highest BCUT2D eigenvalue weighted by molar-refractivity contribution is 7.16. The van der Waals surface area contributed by atoms with Crippen molar-refractivity contribution in [3.8, 4) is 5.75 Å². The lowest BCUT2D eigenvalue weighted by Gasteiger charge is -2.10. The molecule has 4 rings (SSSR count). The lowest BCUT2D eigenvalue weighted by Crippen LogP contribution is -2.22. The number of halogens is 1. The van der Waals surface area contributed by atoms with E-state index in [9.17, 15) is 9.59 Å². The van der Waals surface area contributed by atoms with Crippen molar-refractivity contribution >= 4 is 45.3 Å². The molecule has 5 nitrogen and oxygen atoms in total. The van der Waals surface area contributed by atoms with Crippen molar-refractivity contribution < 1.29 is 14.3 Å². The van der Waals surface area contributed by atoms with Crippen molar-refractivity contribution in [1.82, 2.24) is 0 Å². The molecule has 0 aliphatic carbocycles. The first-order chi connectivity index (χ1) is 16.3. The number of amides is 1. The molecule has 0 spiro atoms. The molecule has 1 aliphatic rings. The van der Waals surface area contributed by atoms with Gasteiger partial charge >= 0.3 is 0 Å². The summed E-state index contributed by atoms with van der Waals surface area (Å²) < 4.78 is 5.27. The summed E-state index contributed by atoms with van der Waals surface area (Å²) >= 11 is 8.12. The number of nitrogens with zero attached hydrogens (tertiary/aromatic N) is 1. The molecular formula is C27H27ClN2O3S. The standard InChI is InChI=1S/C27H27ClN2O3S/c1-15(2)25(31)18-8-5-17(6-9-18)7-11-20-14-22-24(21-12-10-19(33-4)13-23(21)28)29-16(3)26(32)30-27(22)34-20/h5-6,8-10,12-16H,7,11H2,1-4H3,(H,30,32). The topological polar surface area (TPSA) is 67.8 Å². The maximum absolute atomic E-state index is 12.6. The average molecular weight is 495 g/mol. The Kier molecular flexibility index (Phi) is 7.19. The predicted octanol–water partition coefficient (Wildman–Crippen LogP) is 6.21. The fourth-order valence-corrected chi connectivity index (χ4v) is 5.16. The number of thiophene rings is 1. The minimum absolute atomic E-state index is 0.0136. The van der Waals surface area contributed by atoms with Gasteiger partial charge in [0.05, 0.1) is 17.8 Å². The fourth-order valence-electron chi connectivity index (χ4n) is 3.84. The van der Waals surface area contributed by atoms with Crippen molar-refractivity contribution in [2.75, 3.05) is 12.4 Å². The van der Waals surface area contributed by atoms with E-state index in [1.54, 1.807) is 31.4 Å². The highest BCUT2D eigenvalue weighted by atomic mass is 35.5. The van der Waals surface area contributed by atoms with Gasteiger partial charge in [0, 0.05) is 27.5 Å². The number of hydrogen-bond acceptors (Lipinski definition) is 5. The maximum Gasteiger partial charge on any atom is 0.249 e. The number of methoxy groups -OCH3 is 1. The number of fused-ring (bicyclic) bond motifs is 1. The van der Waals surface area contributed by atoms with E-state index in [4.69, 9.17) is 21.3 Å². The Morgan fingerprint density at radius 2 is 1.85 bits per heavy atom. The van der Waals surface area contributed by atoms with E-state index in [0.717, 1.165) is 45.0 Å². The minimum Gasteiger partial charge on any atom is -0.497 e. The Labute approximate surface area is 208 Å². The summed E-state index contributed by atoms with van der Waals surface area (Å²) in [4.78, 5) is 30.6. The quantitative estimate of drug-likeness (QED) is 0.397. The van der Waals surface area contributed by atoms with E-state index >= 15 is 0 Å². The molecule has 0 fully saturated rings. The number of aryl methyl sites for hydroxylation is 2. The van der Waals surface area contributed by atoms with Crippen LogP contribution in [0.15, 0.2) is 53.5 Å². The highest BCUT2D eigenvalue weighted by Crippen LogP contribution is 2.35. The van der Waals surface area contributed by atoms with Crippen LogP contribution in [0.2, 0.25) is 5.02 Å². The van der Waals surface area contributed by atoms with E-state index in [0.29, 0.717) is 16.5 Å². The van der Waals surface area contributed by atoms with Crippen LogP contribution in [-0.2, 0) is 17.6 Å². The lowest BCUT2D eigenvalue weighted by atomic mass is 9.98. The predicted molar refractivity (Wildman–Crippen MR) is 139 cm³/mol. The molecule has 3 aromatic rings. The fraction of sp³-hybridized carbons (Fsp3) is 0.296. The van der Waals surface area contributed by atoms with Gasteiger partial charge in [-0.15, -0.1) is 11.3 Å². The van der Waals surface area contributed by atoms with Crippen LogP contribution in [0.4, 0.5) is 5.00 Å². The largest absolute Gasteiger partial charge is 0.497 e. The summed E-state index contributed by atoms with van der Waals surface area (Å²) in [5.41, 5.74) is 4.25. The number of anilines is 1. The van der Waals surface area contributed by atoms with Gasteiger partial charge in [-0.05, 0) is 49.6 Å². The van der Waals surface area contributed by atoms with Crippen LogP contribution in [0.3, 0.4) is 0 Å². The summed E-state index contributed by atoms with van der Waals surface area (Å²) in [7, 11) is 1.60. The molecule has 1 amide bonds. The number of hydrogen-bond donors (Lipinski definition) is 1. The van der Waals surface area contributed by atoms with Crippen LogP contribution in [0, 0.1) is 5.92 Å². The second-order valence-electron chi connectivity index (χ2n) is 8.66. The monoisotopic (exact) mass is 494 g/mol. The van der Waals surface area contributed by atoms with Crippen LogP contribution in [-0.4, -0.2) is 30.6 Å². The Hall–Kier alpha value is -2.96. The van der Waals surface area contributed by atoms with Gasteiger partial charge in [0.1, 0.15) is 16.8 Å². The molecule has 0 radical (unpaired) electrons. The summed E-state index contributed by atoms with van der Waals surface area (Å²) in [6.07, 6.45) is 1.64. The Balaban J connectivity index is 1.59. The first kappa shape index (κ1) is 24.2. The van der Waals surface area contributed by atoms with Crippen LogP contribution >= 0.6 is 22.9 Å². The zero-order valence-corrected chi connectivity index (χ0v) is 21.2. The zero-order chi connectivity index (χ0) is 24.4. The van der Waals surface area contributed by atoms with Gasteiger partial charge in [-0.1, -0.05) is 49.7 Å². The van der Waals surface area contributed by atoms with E-state index in [1.165, 1.54) is 0 Å². The molecular weight excluding hydrogens is 468 g/mol.